The highest BCUT2D eigenvalue weighted by molar-refractivity contribution is 7.92. The van der Waals surface area contributed by atoms with Gasteiger partial charge >= 0.3 is 0 Å². The number of nitrogens with zero attached hydrogens (tertiary/aromatic N) is 2. The van der Waals surface area contributed by atoms with Gasteiger partial charge in [0.05, 0.1) is 28.7 Å². The van der Waals surface area contributed by atoms with Gasteiger partial charge in [0.15, 0.2) is 11.6 Å². The SMILES string of the molecule is COc1cc(Cl)c(C)cc1Nc1nc2ccccc2nc1NS(=O)(=O)c1ccccc1. The number of aromatic nitrogens is 2. The van der Waals surface area contributed by atoms with Gasteiger partial charge in [0.25, 0.3) is 10.0 Å². The lowest BCUT2D eigenvalue weighted by Crippen LogP contribution is -2.16. The number of fused-ring (bicyclic) bond motifs is 1. The molecule has 1 aromatic heterocycles. The van der Waals surface area contributed by atoms with Crippen molar-refractivity contribution in [3.05, 3.63) is 77.3 Å². The molecule has 1 heterocycles. The number of methoxy groups -OCH3 is 1. The van der Waals surface area contributed by atoms with Crippen LogP contribution in [-0.2, 0) is 10.0 Å². The summed E-state index contributed by atoms with van der Waals surface area (Å²) in [5, 5.41) is 3.69. The average Bonchev–Trinajstić information content (AvgIpc) is 2.77. The minimum absolute atomic E-state index is 0.0669. The predicted molar refractivity (Wildman–Crippen MR) is 123 cm³/mol. The zero-order valence-corrected chi connectivity index (χ0v) is 18.3. The molecule has 0 amide bonds. The number of nitrogens with one attached hydrogen (secondary N) is 2. The van der Waals surface area contributed by atoms with E-state index in [-0.39, 0.29) is 16.5 Å². The van der Waals surface area contributed by atoms with Gasteiger partial charge in [-0.25, -0.2) is 18.4 Å². The Morgan fingerprint density at radius 3 is 2.16 bits per heavy atom. The molecule has 0 fully saturated rings. The summed E-state index contributed by atoms with van der Waals surface area (Å²) in [6.07, 6.45) is 0. The number of hydrogen-bond donors (Lipinski definition) is 2. The highest BCUT2D eigenvalue weighted by atomic mass is 35.5. The Balaban J connectivity index is 1.82. The number of anilines is 3. The van der Waals surface area contributed by atoms with Crippen LogP contribution in [0.5, 0.6) is 5.75 Å². The van der Waals surface area contributed by atoms with Crippen LogP contribution in [0.25, 0.3) is 11.0 Å². The minimum Gasteiger partial charge on any atom is -0.495 e. The molecular weight excluding hydrogens is 436 g/mol. The van der Waals surface area contributed by atoms with Gasteiger partial charge in [-0.05, 0) is 42.8 Å². The molecule has 0 aliphatic heterocycles. The van der Waals surface area contributed by atoms with Gasteiger partial charge in [-0.3, -0.25) is 4.72 Å². The van der Waals surface area contributed by atoms with Gasteiger partial charge in [0.1, 0.15) is 5.75 Å². The maximum Gasteiger partial charge on any atom is 0.263 e. The van der Waals surface area contributed by atoms with Crippen molar-refractivity contribution in [2.24, 2.45) is 0 Å². The lowest BCUT2D eigenvalue weighted by atomic mass is 10.2. The summed E-state index contributed by atoms with van der Waals surface area (Å²) < 4.78 is 33.8. The van der Waals surface area contributed by atoms with Gasteiger partial charge in [0, 0.05) is 11.1 Å². The van der Waals surface area contributed by atoms with Crippen LogP contribution < -0.4 is 14.8 Å². The molecular formula is C22H19ClN4O3S. The smallest absolute Gasteiger partial charge is 0.263 e. The fraction of sp³-hybridized carbons (Fsp3) is 0.0909. The van der Waals surface area contributed by atoms with Gasteiger partial charge < -0.3 is 10.1 Å². The number of aryl methyl sites for hydroxylation is 1. The summed E-state index contributed by atoms with van der Waals surface area (Å²) in [7, 11) is -2.35. The molecule has 31 heavy (non-hydrogen) atoms. The van der Waals surface area contributed by atoms with Crippen LogP contribution in [0.4, 0.5) is 17.3 Å². The molecule has 0 bridgehead atoms. The largest absolute Gasteiger partial charge is 0.495 e. The summed E-state index contributed by atoms with van der Waals surface area (Å²) >= 11 is 6.20. The van der Waals surface area contributed by atoms with E-state index in [9.17, 15) is 8.42 Å². The van der Waals surface area contributed by atoms with E-state index in [1.807, 2.05) is 19.1 Å². The maximum atomic E-state index is 12.9. The molecule has 0 aliphatic carbocycles. The topological polar surface area (TPSA) is 93.2 Å². The van der Waals surface area contributed by atoms with Gasteiger partial charge in [-0.2, -0.15) is 0 Å². The second-order valence-corrected chi connectivity index (χ2v) is 8.84. The Kier molecular flexibility index (Phi) is 5.67. The number of halogens is 1. The molecule has 2 N–H and O–H groups in total. The Morgan fingerprint density at radius 2 is 1.52 bits per heavy atom. The van der Waals surface area contributed by atoms with E-state index >= 15 is 0 Å². The van der Waals surface area contributed by atoms with Crippen LogP contribution in [0.1, 0.15) is 5.56 Å². The third kappa shape index (κ3) is 4.40. The molecule has 4 aromatic rings. The van der Waals surface area contributed by atoms with Crippen LogP contribution in [0, 0.1) is 6.92 Å². The quantitative estimate of drug-likeness (QED) is 0.418. The molecule has 9 heteroatoms. The van der Waals surface area contributed by atoms with E-state index in [0.29, 0.717) is 27.5 Å². The molecule has 0 radical (unpaired) electrons. The average molecular weight is 455 g/mol. The molecule has 4 rings (SSSR count). The first-order chi connectivity index (χ1) is 14.9. The zero-order chi connectivity index (χ0) is 22.0. The number of rotatable bonds is 6. The van der Waals surface area contributed by atoms with Crippen molar-refractivity contribution >= 4 is 50.0 Å². The molecule has 0 aliphatic rings. The van der Waals surface area contributed by atoms with Crippen molar-refractivity contribution in [3.8, 4) is 5.75 Å². The number of hydrogen-bond acceptors (Lipinski definition) is 6. The van der Waals surface area contributed by atoms with Crippen molar-refractivity contribution in [3.63, 3.8) is 0 Å². The lowest BCUT2D eigenvalue weighted by molar-refractivity contribution is 0.416. The monoisotopic (exact) mass is 454 g/mol. The fourth-order valence-corrected chi connectivity index (χ4v) is 4.19. The third-order valence-corrected chi connectivity index (χ3v) is 6.35. The van der Waals surface area contributed by atoms with E-state index in [4.69, 9.17) is 16.3 Å². The van der Waals surface area contributed by atoms with Gasteiger partial charge in [-0.15, -0.1) is 0 Å². The van der Waals surface area contributed by atoms with Crippen LogP contribution >= 0.6 is 11.6 Å². The lowest BCUT2D eigenvalue weighted by Gasteiger charge is -2.16. The zero-order valence-electron chi connectivity index (χ0n) is 16.8. The predicted octanol–water partition coefficient (Wildman–Crippen LogP) is 5.14. The molecule has 0 unspecified atom stereocenters. The highest BCUT2D eigenvalue weighted by Gasteiger charge is 2.20. The molecule has 3 aromatic carbocycles. The number of ether oxygens (including phenoxy) is 1. The van der Waals surface area contributed by atoms with Gasteiger partial charge in [0.2, 0.25) is 0 Å². The van der Waals surface area contributed by atoms with Crippen molar-refractivity contribution in [2.45, 2.75) is 11.8 Å². The van der Waals surface area contributed by atoms with Crippen molar-refractivity contribution in [2.75, 3.05) is 17.1 Å². The number of sulfonamides is 1. The Morgan fingerprint density at radius 1 is 0.903 bits per heavy atom. The summed E-state index contributed by atoms with van der Waals surface area (Å²) in [4.78, 5) is 9.20. The van der Waals surface area contributed by atoms with Crippen molar-refractivity contribution < 1.29 is 13.2 Å². The number of para-hydroxylation sites is 2. The summed E-state index contributed by atoms with van der Waals surface area (Å²) in [6, 6.07) is 18.8. The third-order valence-electron chi connectivity index (χ3n) is 4.59. The van der Waals surface area contributed by atoms with Crippen molar-refractivity contribution in [1.29, 1.82) is 0 Å². The summed E-state index contributed by atoms with van der Waals surface area (Å²) in [6.45, 7) is 1.86. The van der Waals surface area contributed by atoms with E-state index < -0.39 is 10.0 Å². The Hall–Kier alpha value is -3.36. The highest BCUT2D eigenvalue weighted by Crippen LogP contribution is 2.35. The normalized spacial score (nSPS) is 11.3. The van der Waals surface area contributed by atoms with Crippen LogP contribution in [0.3, 0.4) is 0 Å². The van der Waals surface area contributed by atoms with Crippen molar-refractivity contribution in [1.82, 2.24) is 9.97 Å². The second kappa shape index (κ2) is 8.41. The molecule has 0 spiro atoms. The summed E-state index contributed by atoms with van der Waals surface area (Å²) in [5.41, 5.74) is 2.56. The maximum absolute atomic E-state index is 12.9. The standard InChI is InChI=1S/C22H19ClN4O3S/c1-14-12-19(20(30-2)13-16(14)23)26-21-22(25-18-11-7-6-10-17(18)24-21)27-31(28,29)15-8-4-3-5-9-15/h3-13H,1-2H3,(H,24,26)(H,25,27). The Bertz CT molecular complexity index is 1360. The first kappa shape index (κ1) is 20.9. The van der Waals surface area contributed by atoms with Crippen LogP contribution in [0.15, 0.2) is 71.6 Å². The van der Waals surface area contributed by atoms with Crippen LogP contribution in [0.2, 0.25) is 5.02 Å². The first-order valence-corrected chi connectivity index (χ1v) is 11.2. The second-order valence-electron chi connectivity index (χ2n) is 6.75. The molecule has 7 nitrogen and oxygen atoms in total. The molecule has 0 saturated heterocycles. The Labute approximate surface area is 185 Å². The molecule has 158 valence electrons. The van der Waals surface area contributed by atoms with Gasteiger partial charge in [-0.1, -0.05) is 41.9 Å². The minimum atomic E-state index is -3.87. The van der Waals surface area contributed by atoms with E-state index in [2.05, 4.69) is 20.0 Å². The van der Waals surface area contributed by atoms with E-state index in [0.717, 1.165) is 5.56 Å². The molecule has 0 atom stereocenters. The van der Waals surface area contributed by atoms with Crippen LogP contribution in [-0.4, -0.2) is 25.5 Å². The van der Waals surface area contributed by atoms with E-state index in [1.165, 1.54) is 19.2 Å². The number of benzene rings is 3. The summed E-state index contributed by atoms with van der Waals surface area (Å²) in [5.74, 6) is 0.790. The molecule has 0 saturated carbocycles. The fourth-order valence-electron chi connectivity index (χ4n) is 3.00. The first-order valence-electron chi connectivity index (χ1n) is 9.33. The van der Waals surface area contributed by atoms with E-state index in [1.54, 1.807) is 42.5 Å².